The maximum atomic E-state index is 14.0. The van der Waals surface area contributed by atoms with Crippen molar-refractivity contribution in [1.82, 2.24) is 5.32 Å². The van der Waals surface area contributed by atoms with Crippen LogP contribution < -0.4 is 10.2 Å². The topological polar surface area (TPSA) is 75.7 Å². The van der Waals surface area contributed by atoms with Gasteiger partial charge < -0.3 is 10.1 Å². The summed E-state index contributed by atoms with van der Waals surface area (Å²) in [6.07, 6.45) is -1.46. The lowest BCUT2D eigenvalue weighted by atomic mass is 10.2. The van der Waals surface area contributed by atoms with E-state index in [1.165, 1.54) is 36.9 Å². The van der Waals surface area contributed by atoms with E-state index >= 15 is 0 Å². The highest BCUT2D eigenvalue weighted by molar-refractivity contribution is 8.13. The largest absolute Gasteiger partial charge is 0.423 e. The summed E-state index contributed by atoms with van der Waals surface area (Å²) in [4.78, 5) is 35.5. The fourth-order valence-corrected chi connectivity index (χ4v) is 2.74. The van der Waals surface area contributed by atoms with E-state index in [0.29, 0.717) is 5.69 Å². The molecular weight excluding hydrogens is 311 g/mol. The average molecular weight is 326 g/mol. The molecule has 1 aliphatic rings. The first-order valence-corrected chi connectivity index (χ1v) is 7.36. The standard InChI is InChI=1S/C14H15FN2O4S/c1-7-13(16-8(2)18)21-14(20)17(7)10-4-5-12(11(15)6-10)22-9(3)19/h4-7,13H,1-3H3,(H,16,18)/t7?,13-/m0/s1. The summed E-state index contributed by atoms with van der Waals surface area (Å²) in [5.74, 6) is -0.924. The highest BCUT2D eigenvalue weighted by Gasteiger charge is 2.40. The van der Waals surface area contributed by atoms with Crippen LogP contribution in [0.3, 0.4) is 0 Å². The van der Waals surface area contributed by atoms with E-state index in [9.17, 15) is 18.8 Å². The number of hydrogen-bond donors (Lipinski definition) is 1. The third kappa shape index (κ3) is 3.38. The number of hydrogen-bond acceptors (Lipinski definition) is 5. The SMILES string of the molecule is CC(=O)N[C@H]1OC(=O)N(c2ccc(SC(C)=O)c(F)c2)C1C. The second-order valence-corrected chi connectivity index (χ2v) is 6.04. The van der Waals surface area contributed by atoms with Gasteiger partial charge in [0.25, 0.3) is 0 Å². The van der Waals surface area contributed by atoms with E-state index in [2.05, 4.69) is 5.32 Å². The molecule has 0 radical (unpaired) electrons. The zero-order valence-electron chi connectivity index (χ0n) is 12.3. The van der Waals surface area contributed by atoms with Crippen LogP contribution in [-0.2, 0) is 14.3 Å². The number of halogens is 1. The molecule has 1 N–H and O–H groups in total. The van der Waals surface area contributed by atoms with E-state index in [1.807, 2.05) is 0 Å². The number of cyclic esters (lactones) is 1. The van der Waals surface area contributed by atoms with Gasteiger partial charge in [0.2, 0.25) is 5.91 Å². The predicted molar refractivity (Wildman–Crippen MR) is 79.0 cm³/mol. The zero-order valence-corrected chi connectivity index (χ0v) is 13.1. The third-order valence-corrected chi connectivity index (χ3v) is 3.90. The molecule has 0 bridgehead atoms. The molecule has 22 heavy (non-hydrogen) atoms. The van der Waals surface area contributed by atoms with Gasteiger partial charge >= 0.3 is 6.09 Å². The van der Waals surface area contributed by atoms with Gasteiger partial charge in [-0.3, -0.25) is 14.5 Å². The van der Waals surface area contributed by atoms with Crippen LogP contribution in [0.5, 0.6) is 0 Å². The number of thioether (sulfide) groups is 1. The minimum atomic E-state index is -0.792. The second kappa shape index (κ2) is 6.35. The molecule has 1 aliphatic heterocycles. The van der Waals surface area contributed by atoms with Crippen LogP contribution in [0.4, 0.5) is 14.9 Å². The number of carbonyl (C=O) groups is 3. The Kier molecular flexibility index (Phi) is 4.70. The van der Waals surface area contributed by atoms with Crippen molar-refractivity contribution in [2.24, 2.45) is 0 Å². The monoisotopic (exact) mass is 326 g/mol. The van der Waals surface area contributed by atoms with Gasteiger partial charge in [0.05, 0.1) is 16.6 Å². The molecule has 8 heteroatoms. The maximum Gasteiger partial charge on any atom is 0.416 e. The fourth-order valence-electron chi connectivity index (χ4n) is 2.13. The van der Waals surface area contributed by atoms with Crippen molar-refractivity contribution < 1.29 is 23.5 Å². The van der Waals surface area contributed by atoms with Gasteiger partial charge in [-0.05, 0) is 36.9 Å². The minimum absolute atomic E-state index is 0.190. The first-order valence-electron chi connectivity index (χ1n) is 6.54. The number of nitrogens with zero attached hydrogens (tertiary/aromatic N) is 1. The molecule has 1 unspecified atom stereocenters. The molecule has 0 saturated carbocycles. The van der Waals surface area contributed by atoms with Crippen LogP contribution in [-0.4, -0.2) is 29.4 Å². The van der Waals surface area contributed by atoms with E-state index in [1.54, 1.807) is 6.92 Å². The van der Waals surface area contributed by atoms with Gasteiger partial charge in [0.15, 0.2) is 11.3 Å². The first-order chi connectivity index (χ1) is 10.3. The Hall–Kier alpha value is -2.09. The van der Waals surface area contributed by atoms with Crippen molar-refractivity contribution >= 4 is 34.6 Å². The molecule has 1 saturated heterocycles. The van der Waals surface area contributed by atoms with Gasteiger partial charge in [-0.2, -0.15) is 0 Å². The van der Waals surface area contributed by atoms with Gasteiger partial charge in [-0.15, -0.1) is 0 Å². The lowest BCUT2D eigenvalue weighted by molar-refractivity contribution is -0.121. The molecule has 1 heterocycles. The summed E-state index contributed by atoms with van der Waals surface area (Å²) >= 11 is 0.781. The second-order valence-electron chi connectivity index (χ2n) is 4.82. The van der Waals surface area contributed by atoms with Crippen molar-refractivity contribution in [3.05, 3.63) is 24.0 Å². The van der Waals surface area contributed by atoms with Crippen LogP contribution in [0.25, 0.3) is 0 Å². The molecule has 6 nitrogen and oxygen atoms in total. The Morgan fingerprint density at radius 2 is 2.05 bits per heavy atom. The van der Waals surface area contributed by atoms with Gasteiger partial charge in [-0.25, -0.2) is 9.18 Å². The highest BCUT2D eigenvalue weighted by Crippen LogP contribution is 2.30. The number of rotatable bonds is 3. The average Bonchev–Trinajstić information content (AvgIpc) is 2.66. The van der Waals surface area contributed by atoms with Crippen LogP contribution in [0.1, 0.15) is 20.8 Å². The van der Waals surface area contributed by atoms with Crippen molar-refractivity contribution in [2.45, 2.75) is 37.9 Å². The van der Waals surface area contributed by atoms with Crippen molar-refractivity contribution in [3.8, 4) is 0 Å². The molecule has 1 fully saturated rings. The Morgan fingerprint density at radius 3 is 2.59 bits per heavy atom. The van der Waals surface area contributed by atoms with Crippen LogP contribution in [0.15, 0.2) is 23.1 Å². The molecule has 2 amide bonds. The van der Waals surface area contributed by atoms with Crippen LogP contribution in [0.2, 0.25) is 0 Å². The van der Waals surface area contributed by atoms with Gasteiger partial charge in [0, 0.05) is 13.8 Å². The molecule has 118 valence electrons. The summed E-state index contributed by atoms with van der Waals surface area (Å²) < 4.78 is 19.1. The first kappa shape index (κ1) is 16.3. The molecule has 1 aromatic carbocycles. The molecule has 1 aromatic rings. The van der Waals surface area contributed by atoms with E-state index in [0.717, 1.165) is 11.8 Å². The molecule has 2 atom stereocenters. The van der Waals surface area contributed by atoms with E-state index in [4.69, 9.17) is 4.74 Å². The summed E-state index contributed by atoms with van der Waals surface area (Å²) in [7, 11) is 0. The maximum absolute atomic E-state index is 14.0. The Labute approximate surface area is 131 Å². The minimum Gasteiger partial charge on any atom is -0.423 e. The van der Waals surface area contributed by atoms with Crippen molar-refractivity contribution in [3.63, 3.8) is 0 Å². The summed E-state index contributed by atoms with van der Waals surface area (Å²) in [6, 6.07) is 3.64. The predicted octanol–water partition coefficient (Wildman–Crippen LogP) is 2.27. The molecule has 0 aliphatic carbocycles. The van der Waals surface area contributed by atoms with Crippen molar-refractivity contribution in [1.29, 1.82) is 0 Å². The number of amides is 2. The number of benzene rings is 1. The normalized spacial score (nSPS) is 20.7. The Bertz CT molecular complexity index is 637. The number of nitrogens with one attached hydrogen (secondary N) is 1. The fraction of sp³-hybridized carbons (Fsp3) is 0.357. The van der Waals surface area contributed by atoms with Gasteiger partial charge in [-0.1, -0.05) is 0 Å². The van der Waals surface area contributed by atoms with Crippen LogP contribution >= 0.6 is 11.8 Å². The highest BCUT2D eigenvalue weighted by atomic mass is 32.2. The lowest BCUT2D eigenvalue weighted by Gasteiger charge is -2.21. The molecular formula is C14H15FN2O4S. The number of carbonyl (C=O) groups excluding carboxylic acids is 3. The van der Waals surface area contributed by atoms with E-state index < -0.39 is 24.2 Å². The molecule has 2 rings (SSSR count). The summed E-state index contributed by atoms with van der Waals surface area (Å²) in [5, 5.41) is 2.28. The lowest BCUT2D eigenvalue weighted by Crippen LogP contribution is -2.43. The smallest absolute Gasteiger partial charge is 0.416 e. The van der Waals surface area contributed by atoms with Crippen molar-refractivity contribution in [2.75, 3.05) is 4.90 Å². The number of anilines is 1. The molecule has 0 aromatic heterocycles. The summed E-state index contributed by atoms with van der Waals surface area (Å²) in [5.41, 5.74) is 0.302. The zero-order chi connectivity index (χ0) is 16.4. The summed E-state index contributed by atoms with van der Waals surface area (Å²) in [6.45, 7) is 4.34. The quantitative estimate of drug-likeness (QED) is 0.863. The Morgan fingerprint density at radius 1 is 1.36 bits per heavy atom. The van der Waals surface area contributed by atoms with E-state index in [-0.39, 0.29) is 15.9 Å². The van der Waals surface area contributed by atoms with Gasteiger partial charge in [0.1, 0.15) is 5.82 Å². The molecule has 0 spiro atoms. The number of ether oxygens (including phenoxy) is 1. The Balaban J connectivity index is 2.24. The third-order valence-electron chi connectivity index (χ3n) is 3.06. The van der Waals surface area contributed by atoms with Crippen LogP contribution in [0, 0.1) is 5.82 Å².